The first-order valence-electron chi connectivity index (χ1n) is 30.8. The normalized spacial score (nSPS) is 22.5. The van der Waals surface area contributed by atoms with Crippen LogP contribution in [0.15, 0.2) is 30.3 Å². The Morgan fingerprint density at radius 1 is 0.552 bits per heavy atom. The maximum Gasteiger partial charge on any atom is 0.245 e. The number of nitrogens with two attached hydrogens (primary N) is 1. The van der Waals surface area contributed by atoms with Crippen molar-refractivity contribution in [3.05, 3.63) is 35.9 Å². The molecule has 0 spiro atoms. The lowest BCUT2D eigenvalue weighted by Gasteiger charge is -2.33. The number of hydrogen-bond donors (Lipinski definition) is 15. The van der Waals surface area contributed by atoms with Crippen LogP contribution >= 0.6 is 0 Å². The molecule has 0 unspecified atom stereocenters. The van der Waals surface area contributed by atoms with Gasteiger partial charge in [-0.1, -0.05) is 131 Å². The molecule has 87 heavy (non-hydrogen) atoms. The van der Waals surface area contributed by atoms with Crippen molar-refractivity contribution in [3.63, 3.8) is 0 Å². The number of carbonyl (C=O) groups excluding carboxylic acids is 12. The average Bonchev–Trinajstić information content (AvgIpc) is 3.88. The van der Waals surface area contributed by atoms with Crippen LogP contribution in [0.4, 0.5) is 0 Å². The van der Waals surface area contributed by atoms with E-state index in [1.165, 1.54) is 13.8 Å². The van der Waals surface area contributed by atoms with Gasteiger partial charge in [0.1, 0.15) is 60.4 Å². The number of likely N-dealkylation sites (N-methyl/N-ethyl adjacent to an activating group) is 1. The first kappa shape index (κ1) is 74.0. The SMILES string of the molecule is CC[C@@H](C)[C@@H](NC(=O)[C@@H](CCC(N)=O)NC(=O)[C@H](CO)NC(=O)[C@@H](NC(=O)[C@@H](Cc1ccccc1)NC)[C@@H](C)CC)C(=O)N[C@H](C(=O)N[C@@H](CO)C(=O)N[C@H]1C(=O)N[C@@H](C)C(=O)N[C@@H](C2CCCCC2)C(=O)N[C@@H]([C@@H](C)CC)C(=O)N[C@H]1C)[C@@H](C)CC. The lowest BCUT2D eigenvalue weighted by atomic mass is 9.83. The fraction of sp³-hybridized carbons (Fsp3) is 0.700. The van der Waals surface area contributed by atoms with Crippen LogP contribution in [-0.4, -0.2) is 174 Å². The van der Waals surface area contributed by atoms with Crippen molar-refractivity contribution in [2.45, 2.75) is 219 Å². The summed E-state index contributed by atoms with van der Waals surface area (Å²) in [6.45, 7) is 14.6. The van der Waals surface area contributed by atoms with Crippen LogP contribution in [0.5, 0.6) is 0 Å². The van der Waals surface area contributed by atoms with Gasteiger partial charge in [0.25, 0.3) is 0 Å². The first-order chi connectivity index (χ1) is 41.2. The summed E-state index contributed by atoms with van der Waals surface area (Å²) in [5.74, 6) is -12.3. The smallest absolute Gasteiger partial charge is 0.245 e. The number of primary amides is 1. The summed E-state index contributed by atoms with van der Waals surface area (Å²) in [7, 11) is 1.60. The molecule has 2 fully saturated rings. The van der Waals surface area contributed by atoms with Crippen molar-refractivity contribution in [1.29, 1.82) is 0 Å². The van der Waals surface area contributed by atoms with Crippen molar-refractivity contribution >= 4 is 70.9 Å². The molecule has 488 valence electrons. The van der Waals surface area contributed by atoms with E-state index in [1.54, 1.807) is 55.5 Å². The van der Waals surface area contributed by atoms with Gasteiger partial charge in [-0.2, -0.15) is 0 Å². The summed E-state index contributed by atoms with van der Waals surface area (Å²) in [5, 5.41) is 52.8. The molecule has 0 bridgehead atoms. The van der Waals surface area contributed by atoms with Gasteiger partial charge in [0.2, 0.25) is 70.9 Å². The van der Waals surface area contributed by atoms with E-state index < -0.39 is 193 Å². The number of carbonyl (C=O) groups is 12. The highest BCUT2D eigenvalue weighted by Crippen LogP contribution is 2.27. The van der Waals surface area contributed by atoms with Crippen molar-refractivity contribution in [2.24, 2.45) is 35.3 Å². The predicted octanol–water partition coefficient (Wildman–Crippen LogP) is -1.78. The maximum absolute atomic E-state index is 14.4. The number of benzene rings is 1. The van der Waals surface area contributed by atoms with E-state index in [-0.39, 0.29) is 18.8 Å². The Labute approximate surface area is 511 Å². The van der Waals surface area contributed by atoms with Crippen LogP contribution < -0.4 is 69.5 Å². The molecule has 0 radical (unpaired) electrons. The van der Waals surface area contributed by atoms with Gasteiger partial charge in [0.15, 0.2) is 0 Å². The molecule has 1 aromatic carbocycles. The molecular weight excluding hydrogens is 1130 g/mol. The molecule has 1 aliphatic heterocycles. The summed E-state index contributed by atoms with van der Waals surface area (Å²) in [6, 6.07) is -6.74. The Balaban J connectivity index is 1.85. The Bertz CT molecular complexity index is 2500. The summed E-state index contributed by atoms with van der Waals surface area (Å²) < 4.78 is 0. The summed E-state index contributed by atoms with van der Waals surface area (Å²) in [6.07, 6.45) is 4.91. The average molecular weight is 1230 g/mol. The van der Waals surface area contributed by atoms with E-state index >= 15 is 0 Å². The van der Waals surface area contributed by atoms with Crippen LogP contribution in [0.25, 0.3) is 0 Å². The van der Waals surface area contributed by atoms with E-state index in [0.717, 1.165) is 24.8 Å². The minimum atomic E-state index is -1.77. The largest absolute Gasteiger partial charge is 0.394 e. The zero-order chi connectivity index (χ0) is 65.2. The summed E-state index contributed by atoms with van der Waals surface area (Å²) >= 11 is 0. The third kappa shape index (κ3) is 22.4. The van der Waals surface area contributed by atoms with E-state index in [1.807, 2.05) is 37.3 Å². The summed E-state index contributed by atoms with van der Waals surface area (Å²) in [4.78, 5) is 166. The van der Waals surface area contributed by atoms with Crippen LogP contribution in [0.2, 0.25) is 0 Å². The number of hydrogen-bond acceptors (Lipinski definition) is 15. The molecular formula is C60H99N13O14. The standard InChI is InChI=1S/C60H99N13O14/c1-12-31(5)44-55(82)63-35(9)48(59(86)64-36(10)50(77)73-49(60(87)71-44)38-24-20-17-21-25-38)72-54(81)42(30-75)67-57(84)46(33(7)14-3)70-58(85)47(34(8)15-4)68-51(78)39(26-27-43(61)76)65-53(80)41(29-74)66-56(83)45(32(6)13-2)69-52(79)40(62-11)28-37-22-18-16-19-23-37/h16,18-19,22-23,31-36,38-42,44-49,62,74-75H,12-15,17,20-21,24-30H2,1-11H3,(H2,61,76)(H,63,82)(H,64,86)(H,65,80)(H,66,83)(H,67,84)(H,68,78)(H,69,79)(H,70,85)(H,71,87)(H,72,81)(H,73,77)/t31-,32-,33-,34+,35-,36-,39+,40+,41-,42-,44-,45-,46-,47+,48+,49-/m0/s1. The molecule has 1 saturated heterocycles. The molecule has 1 saturated carbocycles. The topological polar surface area (TPSA) is 416 Å². The Hall–Kier alpha value is -7.26. The predicted molar refractivity (Wildman–Crippen MR) is 323 cm³/mol. The van der Waals surface area contributed by atoms with Gasteiger partial charge in [-0.05, 0) is 81.7 Å². The molecule has 0 aromatic heterocycles. The highest BCUT2D eigenvalue weighted by molar-refractivity contribution is 6.00. The number of amides is 12. The fourth-order valence-electron chi connectivity index (χ4n) is 10.3. The van der Waals surface area contributed by atoms with E-state index in [4.69, 9.17) is 5.73 Å². The second-order valence-electron chi connectivity index (χ2n) is 23.5. The van der Waals surface area contributed by atoms with Crippen molar-refractivity contribution < 1.29 is 67.7 Å². The first-order valence-corrected chi connectivity index (χ1v) is 30.8. The Morgan fingerprint density at radius 2 is 1.02 bits per heavy atom. The highest BCUT2D eigenvalue weighted by atomic mass is 16.3. The van der Waals surface area contributed by atoms with Gasteiger partial charge in [0.05, 0.1) is 25.3 Å². The minimum absolute atomic E-state index is 0.221. The lowest BCUT2D eigenvalue weighted by Crippen LogP contribution is -2.64. The number of aliphatic hydroxyl groups excluding tert-OH is 2. The van der Waals surface area contributed by atoms with Crippen LogP contribution in [0.1, 0.15) is 145 Å². The zero-order valence-corrected chi connectivity index (χ0v) is 52.5. The van der Waals surface area contributed by atoms with Crippen molar-refractivity contribution in [3.8, 4) is 0 Å². The van der Waals surface area contributed by atoms with Gasteiger partial charge in [0, 0.05) is 6.42 Å². The molecule has 1 aliphatic carbocycles. The third-order valence-electron chi connectivity index (χ3n) is 17.0. The van der Waals surface area contributed by atoms with Gasteiger partial charge in [-0.15, -0.1) is 0 Å². The lowest BCUT2D eigenvalue weighted by molar-refractivity contribution is -0.138. The number of nitrogens with one attached hydrogen (secondary N) is 12. The number of rotatable bonds is 31. The third-order valence-corrected chi connectivity index (χ3v) is 17.0. The second-order valence-corrected chi connectivity index (χ2v) is 23.5. The molecule has 2 aliphatic rings. The van der Waals surface area contributed by atoms with E-state index in [9.17, 15) is 67.7 Å². The van der Waals surface area contributed by atoms with Crippen molar-refractivity contribution in [1.82, 2.24) is 63.8 Å². The maximum atomic E-state index is 14.4. The van der Waals surface area contributed by atoms with Gasteiger partial charge < -0.3 is 79.7 Å². The molecule has 3 rings (SSSR count). The Kier molecular flexibility index (Phi) is 31.3. The zero-order valence-electron chi connectivity index (χ0n) is 52.5. The monoisotopic (exact) mass is 1230 g/mol. The molecule has 16 N–H and O–H groups in total. The summed E-state index contributed by atoms with van der Waals surface area (Å²) in [5.41, 5.74) is 6.32. The van der Waals surface area contributed by atoms with E-state index in [0.29, 0.717) is 32.1 Å². The molecule has 12 amide bonds. The minimum Gasteiger partial charge on any atom is -0.394 e. The molecule has 27 heteroatoms. The molecule has 1 heterocycles. The quantitative estimate of drug-likeness (QED) is 0.0391. The van der Waals surface area contributed by atoms with Crippen LogP contribution in [-0.2, 0) is 64.0 Å². The van der Waals surface area contributed by atoms with E-state index in [2.05, 4.69) is 63.8 Å². The van der Waals surface area contributed by atoms with Crippen LogP contribution in [0.3, 0.4) is 0 Å². The van der Waals surface area contributed by atoms with Gasteiger partial charge in [-0.25, -0.2) is 0 Å². The second kappa shape index (κ2) is 36.8. The molecule has 1 aromatic rings. The Morgan fingerprint density at radius 3 is 1.51 bits per heavy atom. The molecule has 16 atom stereocenters. The number of aliphatic hydroxyl groups is 2. The highest BCUT2D eigenvalue weighted by Gasteiger charge is 2.41. The van der Waals surface area contributed by atoms with Crippen LogP contribution in [0, 0.1) is 29.6 Å². The fourth-order valence-corrected chi connectivity index (χ4v) is 10.3. The van der Waals surface area contributed by atoms with Crippen molar-refractivity contribution in [2.75, 3.05) is 20.3 Å². The van der Waals surface area contributed by atoms with Gasteiger partial charge in [-0.3, -0.25) is 57.5 Å². The molecule has 27 nitrogen and oxygen atoms in total. The van der Waals surface area contributed by atoms with Gasteiger partial charge >= 0.3 is 0 Å².